The molecule has 0 spiro atoms. The van der Waals surface area contributed by atoms with Crippen molar-refractivity contribution < 1.29 is 8.60 Å². The summed E-state index contributed by atoms with van der Waals surface area (Å²) in [6, 6.07) is 6.38. The first kappa shape index (κ1) is 13.0. The quantitative estimate of drug-likeness (QED) is 0.745. The van der Waals surface area contributed by atoms with Gasteiger partial charge in [0.1, 0.15) is 16.8 Å². The molecule has 0 N–H and O–H groups in total. The minimum absolute atomic E-state index is 0.00160. The van der Waals surface area contributed by atoms with Crippen LogP contribution in [0.15, 0.2) is 28.7 Å². The summed E-state index contributed by atoms with van der Waals surface area (Å²) in [5, 5.41) is 0.00160. The maximum absolute atomic E-state index is 13.4. The predicted octanol–water partition coefficient (Wildman–Crippen LogP) is 3.10. The molecule has 2 atom stereocenters. The maximum atomic E-state index is 13.4. The molecule has 1 unspecified atom stereocenters. The zero-order valence-corrected chi connectivity index (χ0v) is 10.6. The van der Waals surface area contributed by atoms with Gasteiger partial charge in [0.05, 0.1) is 11.0 Å². The van der Waals surface area contributed by atoms with E-state index in [1.54, 1.807) is 25.1 Å². The van der Waals surface area contributed by atoms with Crippen LogP contribution in [0.3, 0.4) is 0 Å². The van der Waals surface area contributed by atoms with Gasteiger partial charge in [-0.15, -0.1) is 0 Å². The summed E-state index contributed by atoms with van der Waals surface area (Å²) < 4.78 is 29.1. The Morgan fingerprint density at radius 3 is 2.69 bits per heavy atom. The summed E-state index contributed by atoms with van der Waals surface area (Å²) in [6.45, 7) is 5.50. The van der Waals surface area contributed by atoms with Gasteiger partial charge in [-0.3, -0.25) is 0 Å². The van der Waals surface area contributed by atoms with E-state index in [1.165, 1.54) is 6.07 Å². The van der Waals surface area contributed by atoms with Crippen LogP contribution in [-0.4, -0.2) is 15.2 Å². The smallest absolute Gasteiger partial charge is 0.142 e. The highest BCUT2D eigenvalue weighted by atomic mass is 32.2. The van der Waals surface area contributed by atoms with Crippen molar-refractivity contribution in [1.29, 1.82) is 0 Å². The molecule has 0 radical (unpaired) electrons. The molecule has 2 nitrogen and oxygen atoms in total. The molecule has 16 heavy (non-hydrogen) atoms. The monoisotopic (exact) mass is 241 g/mol. The van der Waals surface area contributed by atoms with Crippen molar-refractivity contribution in [3.8, 4) is 0 Å². The van der Waals surface area contributed by atoms with Gasteiger partial charge in [0.25, 0.3) is 0 Å². The van der Waals surface area contributed by atoms with Crippen molar-refractivity contribution in [2.75, 3.05) is 0 Å². The highest BCUT2D eigenvalue weighted by Crippen LogP contribution is 2.10. The second-order valence-electron chi connectivity index (χ2n) is 3.65. The Bertz CT molecular complexity index is 417. The van der Waals surface area contributed by atoms with Crippen molar-refractivity contribution >= 4 is 16.7 Å². The van der Waals surface area contributed by atoms with E-state index in [-0.39, 0.29) is 11.1 Å². The van der Waals surface area contributed by atoms with Crippen molar-refractivity contribution in [2.45, 2.75) is 32.4 Å². The number of nitrogens with zero attached hydrogens (tertiary/aromatic N) is 1. The van der Waals surface area contributed by atoms with Gasteiger partial charge < -0.3 is 0 Å². The van der Waals surface area contributed by atoms with Crippen LogP contribution < -0.4 is 0 Å². The Morgan fingerprint density at radius 1 is 1.50 bits per heavy atom. The number of benzene rings is 1. The Morgan fingerprint density at radius 2 is 2.12 bits per heavy atom. The molecule has 1 aromatic carbocycles. The molecule has 4 heteroatoms. The van der Waals surface area contributed by atoms with Crippen LogP contribution in [0.4, 0.5) is 4.39 Å². The lowest BCUT2D eigenvalue weighted by Crippen LogP contribution is -2.09. The molecule has 0 amide bonds. The van der Waals surface area contributed by atoms with Crippen LogP contribution in [0, 0.1) is 5.82 Å². The zero-order chi connectivity index (χ0) is 12.1. The SMILES string of the molecule is CC[C@@H](C)S(=O)N=C(C)c1ccccc1F. The normalized spacial score (nSPS) is 15.9. The lowest BCUT2D eigenvalue weighted by Gasteiger charge is -2.06. The zero-order valence-electron chi connectivity index (χ0n) is 9.74. The van der Waals surface area contributed by atoms with Crippen LogP contribution >= 0.6 is 0 Å². The van der Waals surface area contributed by atoms with E-state index in [0.29, 0.717) is 11.3 Å². The summed E-state index contributed by atoms with van der Waals surface area (Å²) in [7, 11) is -1.28. The average Bonchev–Trinajstić information content (AvgIpc) is 2.28. The Balaban J connectivity index is 2.94. The molecule has 0 bridgehead atoms. The lowest BCUT2D eigenvalue weighted by atomic mass is 10.1. The molecule has 1 rings (SSSR count). The molecule has 0 aliphatic carbocycles. The average molecular weight is 241 g/mol. The molecular formula is C12H16FNOS. The number of rotatable bonds is 4. The van der Waals surface area contributed by atoms with E-state index < -0.39 is 11.0 Å². The fourth-order valence-corrected chi connectivity index (χ4v) is 2.00. The van der Waals surface area contributed by atoms with Gasteiger partial charge in [-0.25, -0.2) is 8.60 Å². The van der Waals surface area contributed by atoms with Gasteiger partial charge in [0.15, 0.2) is 0 Å². The van der Waals surface area contributed by atoms with Gasteiger partial charge >= 0.3 is 0 Å². The van der Waals surface area contributed by atoms with Crippen molar-refractivity contribution in [3.05, 3.63) is 35.6 Å². The van der Waals surface area contributed by atoms with E-state index in [2.05, 4.69) is 4.40 Å². The van der Waals surface area contributed by atoms with Crippen LogP contribution in [0.25, 0.3) is 0 Å². The highest BCUT2D eigenvalue weighted by molar-refractivity contribution is 7.84. The van der Waals surface area contributed by atoms with Crippen LogP contribution in [0.5, 0.6) is 0 Å². The molecule has 0 heterocycles. The standard InChI is InChI=1S/C12H16FNOS/c1-4-9(2)16(15)14-10(3)11-7-5-6-8-12(11)13/h5-9H,4H2,1-3H3/t9-,16?/m1/s1. The van der Waals surface area contributed by atoms with Crippen molar-refractivity contribution in [1.82, 2.24) is 0 Å². The second-order valence-corrected chi connectivity index (χ2v) is 5.19. The summed E-state index contributed by atoms with van der Waals surface area (Å²) in [4.78, 5) is 0. The maximum Gasteiger partial charge on any atom is 0.142 e. The number of hydrogen-bond donors (Lipinski definition) is 0. The van der Waals surface area contributed by atoms with Crippen LogP contribution in [0.2, 0.25) is 0 Å². The highest BCUT2D eigenvalue weighted by Gasteiger charge is 2.10. The molecule has 0 aliphatic heterocycles. The largest absolute Gasteiger partial charge is 0.235 e. The lowest BCUT2D eigenvalue weighted by molar-refractivity contribution is 0.625. The Kier molecular flexibility index (Phi) is 4.80. The third-order valence-corrected chi connectivity index (χ3v) is 3.89. The van der Waals surface area contributed by atoms with Crippen molar-refractivity contribution in [3.63, 3.8) is 0 Å². The van der Waals surface area contributed by atoms with Gasteiger partial charge in [-0.05, 0) is 26.3 Å². The van der Waals surface area contributed by atoms with Crippen LogP contribution in [-0.2, 0) is 11.0 Å². The van der Waals surface area contributed by atoms with Gasteiger partial charge in [0.2, 0.25) is 0 Å². The molecule has 0 saturated carbocycles. The summed E-state index contributed by atoms with van der Waals surface area (Å²) >= 11 is 0. The molecule has 0 aromatic heterocycles. The van der Waals surface area contributed by atoms with Gasteiger partial charge in [0, 0.05) is 5.56 Å². The predicted molar refractivity (Wildman–Crippen MR) is 66.5 cm³/mol. The summed E-state index contributed by atoms with van der Waals surface area (Å²) in [6.07, 6.45) is 0.792. The summed E-state index contributed by atoms with van der Waals surface area (Å²) in [5.41, 5.74) is 0.899. The number of hydrogen-bond acceptors (Lipinski definition) is 1. The van der Waals surface area contributed by atoms with Crippen molar-refractivity contribution in [2.24, 2.45) is 4.40 Å². The Labute approximate surface area is 98.2 Å². The Hall–Kier alpha value is -1.03. The van der Waals surface area contributed by atoms with E-state index in [4.69, 9.17) is 0 Å². The summed E-state index contributed by atoms with van der Waals surface area (Å²) in [5.74, 6) is -0.329. The fraction of sp³-hybridized carbons (Fsp3) is 0.417. The first-order valence-electron chi connectivity index (χ1n) is 5.27. The van der Waals surface area contributed by atoms with Crippen LogP contribution in [0.1, 0.15) is 32.8 Å². The minimum atomic E-state index is -1.28. The molecule has 0 saturated heterocycles. The molecule has 0 aliphatic rings. The fourth-order valence-electron chi connectivity index (χ4n) is 1.17. The van der Waals surface area contributed by atoms with Gasteiger partial charge in [-0.1, -0.05) is 25.1 Å². The molecule has 88 valence electrons. The number of halogens is 1. The topological polar surface area (TPSA) is 29.4 Å². The molecular weight excluding hydrogens is 225 g/mol. The molecule has 1 aromatic rings. The second kappa shape index (κ2) is 5.89. The molecule has 0 fully saturated rings. The minimum Gasteiger partial charge on any atom is -0.235 e. The van der Waals surface area contributed by atoms with E-state index in [0.717, 1.165) is 6.42 Å². The first-order chi connectivity index (χ1) is 7.56. The van der Waals surface area contributed by atoms with E-state index in [9.17, 15) is 8.60 Å². The van der Waals surface area contributed by atoms with Gasteiger partial charge in [-0.2, -0.15) is 4.40 Å². The van der Waals surface area contributed by atoms with E-state index >= 15 is 0 Å². The third-order valence-electron chi connectivity index (χ3n) is 2.41. The first-order valence-corrected chi connectivity index (χ1v) is 6.44. The third kappa shape index (κ3) is 3.23. The van der Waals surface area contributed by atoms with E-state index in [1.807, 2.05) is 13.8 Å².